The van der Waals surface area contributed by atoms with Gasteiger partial charge in [-0.3, -0.25) is 19.5 Å². The number of aromatic nitrogens is 4. The van der Waals surface area contributed by atoms with E-state index in [2.05, 4.69) is 25.5 Å². The van der Waals surface area contributed by atoms with Crippen molar-refractivity contribution in [3.05, 3.63) is 61.4 Å². The van der Waals surface area contributed by atoms with Crippen LogP contribution in [0.3, 0.4) is 0 Å². The highest BCUT2D eigenvalue weighted by atomic mass is 16.2. The van der Waals surface area contributed by atoms with Crippen LogP contribution in [0.1, 0.15) is 40.3 Å². The highest BCUT2D eigenvalue weighted by molar-refractivity contribution is 5.97. The van der Waals surface area contributed by atoms with Gasteiger partial charge in [-0.25, -0.2) is 0 Å². The quantitative estimate of drug-likeness (QED) is 0.537. The Kier molecular flexibility index (Phi) is 3.80. The van der Waals surface area contributed by atoms with Crippen molar-refractivity contribution in [1.29, 1.82) is 0 Å². The third kappa shape index (κ3) is 2.73. The second kappa shape index (κ2) is 5.80. The number of nitrogens with zero attached hydrogens (tertiary/aromatic N) is 1. The van der Waals surface area contributed by atoms with Gasteiger partial charge in [0.1, 0.15) is 0 Å². The van der Waals surface area contributed by atoms with E-state index in [4.69, 9.17) is 0 Å². The maximum atomic E-state index is 12.5. The summed E-state index contributed by atoms with van der Waals surface area (Å²) in [6.45, 7) is 5.65. The predicted octanol–water partition coefficient (Wildman–Crippen LogP) is 1.05. The van der Waals surface area contributed by atoms with Gasteiger partial charge < -0.3 is 15.3 Å². The van der Waals surface area contributed by atoms with Crippen LogP contribution in [0.15, 0.2) is 27.8 Å². The van der Waals surface area contributed by atoms with Crippen molar-refractivity contribution in [3.63, 3.8) is 0 Å². The number of amides is 1. The zero-order valence-corrected chi connectivity index (χ0v) is 13.5. The first-order chi connectivity index (χ1) is 11.4. The van der Waals surface area contributed by atoms with E-state index in [1.165, 1.54) is 6.07 Å². The number of H-pyrrole nitrogens is 3. The molecule has 124 valence electrons. The molecule has 4 N–H and O–H groups in total. The largest absolute Gasteiger partial charge is 0.345 e. The second-order valence-electron chi connectivity index (χ2n) is 5.71. The Labute approximate surface area is 136 Å². The minimum atomic E-state index is -0.752. The molecule has 0 aliphatic rings. The Balaban J connectivity index is 1.90. The molecule has 0 spiro atoms. The molecule has 0 radical (unpaired) electrons. The summed E-state index contributed by atoms with van der Waals surface area (Å²) >= 11 is 0. The van der Waals surface area contributed by atoms with Crippen LogP contribution in [0.5, 0.6) is 0 Å². The summed E-state index contributed by atoms with van der Waals surface area (Å²) in [5, 5.41) is 9.93. The van der Waals surface area contributed by atoms with Crippen molar-refractivity contribution < 1.29 is 4.79 Å². The SMILES string of the molecule is Cc1n[nH]c(C)c1C(C)NC(=O)c1ccc2[nH]c(=O)c(=O)[nH]c2c1. The summed E-state index contributed by atoms with van der Waals surface area (Å²) in [6.07, 6.45) is 0. The van der Waals surface area contributed by atoms with Gasteiger partial charge in [0, 0.05) is 16.8 Å². The van der Waals surface area contributed by atoms with E-state index in [1.807, 2.05) is 20.8 Å². The molecular formula is C16H17N5O3. The highest BCUT2D eigenvalue weighted by Crippen LogP contribution is 2.19. The Morgan fingerprint density at radius 2 is 1.79 bits per heavy atom. The lowest BCUT2D eigenvalue weighted by molar-refractivity contribution is 0.0940. The van der Waals surface area contributed by atoms with E-state index < -0.39 is 11.1 Å². The molecular weight excluding hydrogens is 310 g/mol. The third-order valence-electron chi connectivity index (χ3n) is 3.95. The molecule has 3 aromatic rings. The van der Waals surface area contributed by atoms with Crippen LogP contribution in [-0.2, 0) is 0 Å². The van der Waals surface area contributed by atoms with Gasteiger partial charge >= 0.3 is 11.1 Å². The average Bonchev–Trinajstić information content (AvgIpc) is 2.87. The van der Waals surface area contributed by atoms with E-state index in [9.17, 15) is 14.4 Å². The van der Waals surface area contributed by atoms with Gasteiger partial charge in [0.2, 0.25) is 0 Å². The van der Waals surface area contributed by atoms with Crippen molar-refractivity contribution in [2.75, 3.05) is 0 Å². The summed E-state index contributed by atoms with van der Waals surface area (Å²) in [4.78, 5) is 40.1. The fraction of sp³-hybridized carbons (Fsp3) is 0.250. The third-order valence-corrected chi connectivity index (χ3v) is 3.95. The van der Waals surface area contributed by atoms with Crippen molar-refractivity contribution in [3.8, 4) is 0 Å². The van der Waals surface area contributed by atoms with Crippen LogP contribution < -0.4 is 16.4 Å². The van der Waals surface area contributed by atoms with E-state index in [0.29, 0.717) is 16.6 Å². The van der Waals surface area contributed by atoms with Crippen LogP contribution in [0.4, 0.5) is 0 Å². The molecule has 0 saturated carbocycles. The molecule has 8 heteroatoms. The molecule has 0 aliphatic carbocycles. The number of carbonyl (C=O) groups excluding carboxylic acids is 1. The van der Waals surface area contributed by atoms with Crippen LogP contribution >= 0.6 is 0 Å². The molecule has 1 atom stereocenters. The summed E-state index contributed by atoms with van der Waals surface area (Å²) < 4.78 is 0. The van der Waals surface area contributed by atoms with Gasteiger partial charge in [-0.2, -0.15) is 5.10 Å². The van der Waals surface area contributed by atoms with Crippen LogP contribution in [0, 0.1) is 13.8 Å². The standard InChI is InChI=1S/C16H17N5O3/c1-7(13-8(2)20-21-9(13)3)17-14(22)10-4-5-11-12(6-10)19-16(24)15(23)18-11/h4-7H,1-3H3,(H,17,22)(H,18,23)(H,19,24)(H,20,21). The van der Waals surface area contributed by atoms with Crippen molar-refractivity contribution >= 4 is 16.9 Å². The fourth-order valence-electron chi connectivity index (χ4n) is 2.81. The summed E-state index contributed by atoms with van der Waals surface area (Å²) in [6, 6.07) is 4.49. The van der Waals surface area contributed by atoms with Crippen LogP contribution in [0.2, 0.25) is 0 Å². The maximum Gasteiger partial charge on any atom is 0.314 e. The second-order valence-corrected chi connectivity index (χ2v) is 5.71. The predicted molar refractivity (Wildman–Crippen MR) is 89.1 cm³/mol. The molecule has 0 fully saturated rings. The number of benzene rings is 1. The molecule has 1 amide bonds. The van der Waals surface area contributed by atoms with Crippen LogP contribution in [-0.4, -0.2) is 26.1 Å². The molecule has 0 bridgehead atoms. The van der Waals surface area contributed by atoms with Gasteiger partial charge in [0.05, 0.1) is 22.8 Å². The first-order valence-corrected chi connectivity index (χ1v) is 7.45. The molecule has 2 aromatic heterocycles. The highest BCUT2D eigenvalue weighted by Gasteiger charge is 2.17. The summed E-state index contributed by atoms with van der Waals surface area (Å²) in [5.74, 6) is -0.281. The lowest BCUT2D eigenvalue weighted by Gasteiger charge is -2.14. The van der Waals surface area contributed by atoms with Crippen LogP contribution in [0.25, 0.3) is 11.0 Å². The first kappa shape index (κ1) is 15.7. The number of carbonyl (C=O) groups is 1. The summed E-state index contributed by atoms with van der Waals surface area (Å²) in [7, 11) is 0. The summed E-state index contributed by atoms with van der Waals surface area (Å²) in [5.41, 5.74) is 2.46. The van der Waals surface area contributed by atoms with Gasteiger partial charge in [0.15, 0.2) is 0 Å². The number of rotatable bonds is 3. The zero-order valence-electron chi connectivity index (χ0n) is 13.5. The Hall–Kier alpha value is -3.16. The molecule has 8 nitrogen and oxygen atoms in total. The number of nitrogens with one attached hydrogen (secondary N) is 4. The number of aromatic amines is 3. The molecule has 24 heavy (non-hydrogen) atoms. The number of hydrogen-bond donors (Lipinski definition) is 4. The smallest absolute Gasteiger partial charge is 0.314 e. The normalized spacial score (nSPS) is 12.3. The number of aryl methyl sites for hydroxylation is 2. The molecule has 0 saturated heterocycles. The minimum absolute atomic E-state index is 0.221. The van der Waals surface area contributed by atoms with E-state index in [1.54, 1.807) is 12.1 Å². The topological polar surface area (TPSA) is 123 Å². The van der Waals surface area contributed by atoms with Crippen molar-refractivity contribution in [1.82, 2.24) is 25.5 Å². The lowest BCUT2D eigenvalue weighted by atomic mass is 10.1. The van der Waals surface area contributed by atoms with Gasteiger partial charge in [-0.15, -0.1) is 0 Å². The monoisotopic (exact) mass is 327 g/mol. The molecule has 2 heterocycles. The molecule has 0 aliphatic heterocycles. The van der Waals surface area contributed by atoms with Crippen molar-refractivity contribution in [2.45, 2.75) is 26.8 Å². The Morgan fingerprint density at radius 1 is 1.12 bits per heavy atom. The van der Waals surface area contributed by atoms with E-state index >= 15 is 0 Å². The Morgan fingerprint density at radius 3 is 2.42 bits per heavy atom. The average molecular weight is 327 g/mol. The van der Waals surface area contributed by atoms with E-state index in [-0.39, 0.29) is 11.9 Å². The first-order valence-electron chi connectivity index (χ1n) is 7.45. The van der Waals surface area contributed by atoms with Gasteiger partial charge in [-0.1, -0.05) is 0 Å². The van der Waals surface area contributed by atoms with Gasteiger partial charge in [-0.05, 0) is 39.0 Å². The Bertz CT molecular complexity index is 1020. The van der Waals surface area contributed by atoms with Gasteiger partial charge in [0.25, 0.3) is 5.91 Å². The minimum Gasteiger partial charge on any atom is -0.345 e. The molecule has 1 unspecified atom stereocenters. The zero-order chi connectivity index (χ0) is 17.4. The maximum absolute atomic E-state index is 12.5. The molecule has 3 rings (SSSR count). The lowest BCUT2D eigenvalue weighted by Crippen LogP contribution is -2.29. The number of hydrogen-bond acceptors (Lipinski definition) is 4. The fourth-order valence-corrected chi connectivity index (χ4v) is 2.81. The molecule has 1 aromatic carbocycles. The van der Waals surface area contributed by atoms with E-state index in [0.717, 1.165) is 17.0 Å². The van der Waals surface area contributed by atoms with Crippen molar-refractivity contribution in [2.24, 2.45) is 0 Å². The number of fused-ring (bicyclic) bond motifs is 1.